The Morgan fingerprint density at radius 1 is 1.35 bits per heavy atom. The first kappa shape index (κ1) is 14.3. The van der Waals surface area contributed by atoms with Gasteiger partial charge in [-0.25, -0.2) is 4.98 Å². The van der Waals surface area contributed by atoms with Crippen molar-refractivity contribution in [1.82, 2.24) is 4.98 Å². The third kappa shape index (κ3) is 3.48. The highest BCUT2D eigenvalue weighted by atomic mass is 32.1. The van der Waals surface area contributed by atoms with Crippen molar-refractivity contribution in [1.29, 1.82) is 0 Å². The highest BCUT2D eigenvalue weighted by molar-refractivity contribution is 7.15. The van der Waals surface area contributed by atoms with E-state index in [1.54, 1.807) is 31.5 Å². The second kappa shape index (κ2) is 6.38. The lowest BCUT2D eigenvalue weighted by molar-refractivity contribution is 0.102. The highest BCUT2D eigenvalue weighted by Crippen LogP contribution is 2.24. The molecule has 0 atom stereocenters. The summed E-state index contributed by atoms with van der Waals surface area (Å²) in [6.07, 6.45) is 1.72. The molecule has 1 N–H and O–H groups in total. The number of carbonyl (C=O) groups excluding carboxylic acids is 1. The third-order valence-electron chi connectivity index (χ3n) is 2.53. The van der Waals surface area contributed by atoms with Gasteiger partial charge in [-0.05, 0) is 26.0 Å². The van der Waals surface area contributed by atoms with Gasteiger partial charge in [0.05, 0.1) is 13.7 Å². The Hall–Kier alpha value is -2.08. The minimum absolute atomic E-state index is 0.237. The Morgan fingerprint density at radius 2 is 2.10 bits per heavy atom. The number of aryl methyl sites for hydroxylation is 1. The molecule has 0 bridgehead atoms. The highest BCUT2D eigenvalue weighted by Gasteiger charge is 2.11. The number of thiazole rings is 1. The number of nitrogens with zero attached hydrogens (tertiary/aromatic N) is 1. The summed E-state index contributed by atoms with van der Waals surface area (Å²) < 4.78 is 10.6. The Bertz CT molecular complexity index is 610. The molecule has 1 aromatic heterocycles. The van der Waals surface area contributed by atoms with Gasteiger partial charge < -0.3 is 9.47 Å². The van der Waals surface area contributed by atoms with Gasteiger partial charge in [-0.2, -0.15) is 0 Å². The quantitative estimate of drug-likeness (QED) is 0.920. The number of benzene rings is 1. The summed E-state index contributed by atoms with van der Waals surface area (Å²) in [4.78, 5) is 17.3. The molecular formula is C14H16N2O3S. The fourth-order valence-electron chi connectivity index (χ4n) is 1.65. The van der Waals surface area contributed by atoms with Crippen LogP contribution in [0.2, 0.25) is 0 Å². The molecule has 1 heterocycles. The number of hydrogen-bond donors (Lipinski definition) is 1. The minimum Gasteiger partial charge on any atom is -0.497 e. The molecule has 2 aromatic rings. The van der Waals surface area contributed by atoms with Crippen LogP contribution in [0.25, 0.3) is 0 Å². The predicted molar refractivity (Wildman–Crippen MR) is 79.0 cm³/mol. The van der Waals surface area contributed by atoms with Crippen LogP contribution >= 0.6 is 11.3 Å². The molecule has 106 valence electrons. The molecule has 2 rings (SSSR count). The van der Waals surface area contributed by atoms with Crippen LogP contribution in [0.15, 0.2) is 24.4 Å². The molecule has 0 aliphatic heterocycles. The summed E-state index contributed by atoms with van der Waals surface area (Å²) >= 11 is 1.43. The Labute approximate surface area is 121 Å². The summed E-state index contributed by atoms with van der Waals surface area (Å²) in [6.45, 7) is 4.35. The van der Waals surface area contributed by atoms with Crippen LogP contribution in [-0.4, -0.2) is 24.6 Å². The van der Waals surface area contributed by atoms with Crippen molar-refractivity contribution >= 4 is 22.4 Å². The third-order valence-corrected chi connectivity index (χ3v) is 3.36. The largest absolute Gasteiger partial charge is 0.497 e. The summed E-state index contributed by atoms with van der Waals surface area (Å²) in [5.41, 5.74) is 0.473. The van der Waals surface area contributed by atoms with Gasteiger partial charge in [0.1, 0.15) is 11.5 Å². The van der Waals surface area contributed by atoms with E-state index >= 15 is 0 Å². The number of anilines is 1. The second-order valence-corrected chi connectivity index (χ2v) is 5.30. The lowest BCUT2D eigenvalue weighted by Crippen LogP contribution is -2.12. The number of amides is 1. The van der Waals surface area contributed by atoms with Gasteiger partial charge in [-0.3, -0.25) is 10.1 Å². The summed E-state index contributed by atoms with van der Waals surface area (Å²) in [6, 6.07) is 5.09. The molecule has 0 saturated heterocycles. The van der Waals surface area contributed by atoms with Crippen LogP contribution in [0.4, 0.5) is 5.13 Å². The smallest absolute Gasteiger partial charge is 0.257 e. The number of nitrogens with one attached hydrogen (secondary N) is 1. The number of aromatic nitrogens is 1. The van der Waals surface area contributed by atoms with Gasteiger partial charge in [0.25, 0.3) is 5.91 Å². The number of hydrogen-bond acceptors (Lipinski definition) is 5. The Balaban J connectivity index is 2.21. The van der Waals surface area contributed by atoms with Crippen LogP contribution in [0, 0.1) is 6.92 Å². The van der Waals surface area contributed by atoms with Crippen LogP contribution in [0.3, 0.4) is 0 Å². The molecule has 0 saturated carbocycles. The van der Waals surface area contributed by atoms with E-state index in [9.17, 15) is 4.79 Å². The first-order valence-corrected chi connectivity index (χ1v) is 6.99. The zero-order valence-corrected chi connectivity index (χ0v) is 12.4. The maximum absolute atomic E-state index is 12.2. The van der Waals surface area contributed by atoms with Crippen molar-refractivity contribution in [2.24, 2.45) is 0 Å². The zero-order chi connectivity index (χ0) is 14.5. The molecule has 1 aromatic carbocycles. The molecule has 0 fully saturated rings. The maximum atomic E-state index is 12.2. The van der Waals surface area contributed by atoms with Crippen molar-refractivity contribution in [2.75, 3.05) is 19.0 Å². The lowest BCUT2D eigenvalue weighted by atomic mass is 10.2. The van der Waals surface area contributed by atoms with E-state index in [2.05, 4.69) is 10.3 Å². The summed E-state index contributed by atoms with van der Waals surface area (Å²) in [7, 11) is 1.55. The van der Waals surface area contributed by atoms with Crippen LogP contribution in [-0.2, 0) is 0 Å². The van der Waals surface area contributed by atoms with E-state index in [0.717, 1.165) is 4.88 Å². The van der Waals surface area contributed by atoms with Crippen molar-refractivity contribution in [3.05, 3.63) is 34.8 Å². The van der Waals surface area contributed by atoms with Gasteiger partial charge in [0.2, 0.25) is 0 Å². The fraction of sp³-hybridized carbons (Fsp3) is 0.286. The van der Waals surface area contributed by atoms with Crippen molar-refractivity contribution in [3.8, 4) is 11.5 Å². The van der Waals surface area contributed by atoms with Crippen LogP contribution in [0.5, 0.6) is 11.5 Å². The van der Waals surface area contributed by atoms with E-state index < -0.39 is 0 Å². The minimum atomic E-state index is -0.237. The van der Waals surface area contributed by atoms with Crippen molar-refractivity contribution in [3.63, 3.8) is 0 Å². The average Bonchev–Trinajstić information content (AvgIpc) is 2.84. The molecule has 6 heteroatoms. The molecule has 0 aliphatic rings. The van der Waals surface area contributed by atoms with E-state index in [1.165, 1.54) is 11.3 Å². The Morgan fingerprint density at radius 3 is 2.70 bits per heavy atom. The standard InChI is InChI=1S/C14H16N2O3S/c1-4-19-12-6-10(5-11(7-12)18-3)13(17)16-14-15-8-9(2)20-14/h5-8H,4H2,1-3H3,(H,15,16,17). The molecule has 0 spiro atoms. The molecule has 5 nitrogen and oxygen atoms in total. The first-order valence-electron chi connectivity index (χ1n) is 6.18. The van der Waals surface area contributed by atoms with Gasteiger partial charge in [0.15, 0.2) is 5.13 Å². The van der Waals surface area contributed by atoms with Crippen molar-refractivity contribution < 1.29 is 14.3 Å². The van der Waals surface area contributed by atoms with E-state index in [-0.39, 0.29) is 5.91 Å². The van der Waals surface area contributed by atoms with Gasteiger partial charge >= 0.3 is 0 Å². The topological polar surface area (TPSA) is 60.5 Å². The summed E-state index contributed by atoms with van der Waals surface area (Å²) in [5.74, 6) is 0.947. The van der Waals surface area contributed by atoms with Gasteiger partial charge in [-0.15, -0.1) is 11.3 Å². The monoisotopic (exact) mass is 292 g/mol. The Kier molecular flexibility index (Phi) is 4.57. The lowest BCUT2D eigenvalue weighted by Gasteiger charge is -2.09. The van der Waals surface area contributed by atoms with Gasteiger partial charge in [0, 0.05) is 22.7 Å². The molecule has 1 amide bonds. The van der Waals surface area contributed by atoms with E-state index in [4.69, 9.17) is 9.47 Å². The molecule has 0 unspecified atom stereocenters. The second-order valence-electron chi connectivity index (χ2n) is 4.06. The van der Waals surface area contributed by atoms with Gasteiger partial charge in [-0.1, -0.05) is 0 Å². The van der Waals surface area contributed by atoms with Crippen LogP contribution < -0.4 is 14.8 Å². The first-order chi connectivity index (χ1) is 9.62. The van der Waals surface area contributed by atoms with E-state index in [1.807, 2.05) is 13.8 Å². The molecular weight excluding hydrogens is 276 g/mol. The number of ether oxygens (including phenoxy) is 2. The SMILES string of the molecule is CCOc1cc(OC)cc(C(=O)Nc2ncc(C)s2)c1. The molecule has 20 heavy (non-hydrogen) atoms. The maximum Gasteiger partial charge on any atom is 0.257 e. The fourth-order valence-corrected chi connectivity index (χ4v) is 2.31. The number of methoxy groups -OCH3 is 1. The molecule has 0 aliphatic carbocycles. The van der Waals surface area contributed by atoms with Crippen molar-refractivity contribution in [2.45, 2.75) is 13.8 Å². The molecule has 0 radical (unpaired) electrons. The number of rotatable bonds is 5. The zero-order valence-electron chi connectivity index (χ0n) is 11.6. The average molecular weight is 292 g/mol. The van der Waals surface area contributed by atoms with E-state index in [0.29, 0.717) is 28.8 Å². The normalized spacial score (nSPS) is 10.2. The summed E-state index contributed by atoms with van der Waals surface area (Å²) in [5, 5.41) is 3.33. The van der Waals surface area contributed by atoms with Crippen LogP contribution in [0.1, 0.15) is 22.2 Å². The number of carbonyl (C=O) groups is 1. The predicted octanol–water partition coefficient (Wildman–Crippen LogP) is 3.11.